The summed E-state index contributed by atoms with van der Waals surface area (Å²) >= 11 is 0. The highest BCUT2D eigenvalue weighted by molar-refractivity contribution is 5.73. The fourth-order valence-corrected chi connectivity index (χ4v) is 4.29. The predicted molar refractivity (Wildman–Crippen MR) is 178 cm³/mol. The second-order valence-electron chi connectivity index (χ2n) is 14.2. The Morgan fingerprint density at radius 3 is 1.72 bits per heavy atom. The third kappa shape index (κ3) is 19.0. The molecule has 0 atom stereocenters. The average Bonchev–Trinajstić information content (AvgIpc) is 2.93. The molecule has 0 aromatic carbocycles. The van der Waals surface area contributed by atoms with Gasteiger partial charge in [-0.3, -0.25) is 24.2 Å². The van der Waals surface area contributed by atoms with E-state index in [2.05, 4.69) is 30.8 Å². The summed E-state index contributed by atoms with van der Waals surface area (Å²) in [5.41, 5.74) is 0.384. The van der Waals surface area contributed by atoms with E-state index in [4.69, 9.17) is 14.2 Å². The van der Waals surface area contributed by atoms with E-state index in [0.717, 1.165) is 5.69 Å². The van der Waals surface area contributed by atoms with Crippen LogP contribution < -0.4 is 10.6 Å². The zero-order valence-corrected chi connectivity index (χ0v) is 29.6. The lowest BCUT2D eigenvalue weighted by Crippen LogP contribution is -2.45. The van der Waals surface area contributed by atoms with Crippen molar-refractivity contribution < 1.29 is 28.6 Å². The Labute approximate surface area is 279 Å². The highest BCUT2D eigenvalue weighted by Crippen LogP contribution is 2.13. The van der Waals surface area contributed by atoms with Gasteiger partial charge in [0, 0.05) is 45.8 Å². The van der Waals surface area contributed by atoms with Gasteiger partial charge >= 0.3 is 17.9 Å². The highest BCUT2D eigenvalue weighted by Gasteiger charge is 2.22. The quantitative estimate of drug-likeness (QED) is 0.136. The van der Waals surface area contributed by atoms with Crippen molar-refractivity contribution in [1.29, 1.82) is 0 Å². The van der Waals surface area contributed by atoms with Crippen LogP contribution in [-0.4, -0.2) is 124 Å². The first kappa shape index (κ1) is 39.6. The van der Waals surface area contributed by atoms with E-state index < -0.39 is 16.8 Å². The number of nitrogens with zero attached hydrogens (tertiary/aromatic N) is 6. The molecule has 0 spiro atoms. The van der Waals surface area contributed by atoms with Crippen molar-refractivity contribution in [3.05, 3.63) is 36.4 Å². The Morgan fingerprint density at radius 2 is 1.21 bits per heavy atom. The van der Waals surface area contributed by atoms with Crippen molar-refractivity contribution in [3.8, 4) is 11.4 Å². The molecule has 0 saturated carbocycles. The number of nitrogens with one attached hydrogen (secondary N) is 2. The van der Waals surface area contributed by atoms with Crippen LogP contribution in [0.25, 0.3) is 11.4 Å². The molecule has 2 heterocycles. The Kier molecular flexibility index (Phi) is 15.7. The molecule has 0 radical (unpaired) electrons. The van der Waals surface area contributed by atoms with E-state index in [0.29, 0.717) is 57.2 Å². The van der Waals surface area contributed by atoms with Crippen LogP contribution in [0.2, 0.25) is 0 Å². The lowest BCUT2D eigenvalue weighted by Gasteiger charge is -2.29. The molecule has 14 heteroatoms. The minimum absolute atomic E-state index is 0.0573. The van der Waals surface area contributed by atoms with E-state index in [1.807, 2.05) is 90.3 Å². The molecule has 0 aliphatic rings. The van der Waals surface area contributed by atoms with Crippen LogP contribution in [0.3, 0.4) is 0 Å². The molecule has 262 valence electrons. The molecule has 2 rings (SSSR count). The number of esters is 3. The summed E-state index contributed by atoms with van der Waals surface area (Å²) in [5.74, 6) is -1.03. The highest BCUT2D eigenvalue weighted by atomic mass is 16.6. The molecule has 2 N–H and O–H groups in total. The molecule has 0 bridgehead atoms. The lowest BCUT2D eigenvalue weighted by atomic mass is 10.2. The Morgan fingerprint density at radius 1 is 0.681 bits per heavy atom. The van der Waals surface area contributed by atoms with E-state index in [1.54, 1.807) is 6.20 Å². The summed E-state index contributed by atoms with van der Waals surface area (Å²) < 4.78 is 16.5. The number of rotatable bonds is 18. The molecule has 2 aromatic rings. The van der Waals surface area contributed by atoms with Crippen molar-refractivity contribution in [2.24, 2.45) is 0 Å². The van der Waals surface area contributed by atoms with Gasteiger partial charge < -0.3 is 24.8 Å². The summed E-state index contributed by atoms with van der Waals surface area (Å²) in [6.07, 6.45) is 2.95. The summed E-state index contributed by atoms with van der Waals surface area (Å²) in [4.78, 5) is 50.5. The van der Waals surface area contributed by atoms with Gasteiger partial charge in [-0.2, -0.15) is 5.10 Å². The lowest BCUT2D eigenvalue weighted by molar-refractivity contribution is -0.158. The third-order valence-electron chi connectivity index (χ3n) is 6.05. The van der Waals surface area contributed by atoms with Crippen LogP contribution in [0, 0.1) is 0 Å². The number of carbonyl (C=O) groups is 3. The standard InChI is InChI=1S/C33H54N8O6/c1-31(2,3)45-28(42)21-35-14-16-41(23-30(44)47-33(7,8)9)18-17-40(22-29(43)46-32(4,5)6)15-13-34-19-25-11-10-12-26(39-25)27-20-37-38-24-36-27/h10-12,20,24,34-35H,13-19,21-23H2,1-9H3. The minimum atomic E-state index is -0.619. The Bertz CT molecular complexity index is 1260. The molecule has 0 amide bonds. The molecule has 47 heavy (non-hydrogen) atoms. The van der Waals surface area contributed by atoms with E-state index >= 15 is 0 Å². The molecule has 0 aliphatic heterocycles. The van der Waals surface area contributed by atoms with E-state index in [1.165, 1.54) is 6.33 Å². The predicted octanol–water partition coefficient (Wildman–Crippen LogP) is 2.24. The molecular formula is C33H54N8O6. The van der Waals surface area contributed by atoms with Crippen molar-refractivity contribution in [2.45, 2.75) is 85.7 Å². The molecule has 0 fully saturated rings. The third-order valence-corrected chi connectivity index (χ3v) is 6.05. The monoisotopic (exact) mass is 658 g/mol. The first-order valence-electron chi connectivity index (χ1n) is 16.0. The number of pyridine rings is 1. The number of ether oxygens (including phenoxy) is 3. The van der Waals surface area contributed by atoms with Crippen molar-refractivity contribution in [2.75, 3.05) is 58.9 Å². The normalized spacial score (nSPS) is 12.3. The van der Waals surface area contributed by atoms with Gasteiger partial charge in [-0.05, 0) is 74.4 Å². The van der Waals surface area contributed by atoms with Gasteiger partial charge in [0.05, 0.1) is 37.2 Å². The van der Waals surface area contributed by atoms with Crippen LogP contribution in [0.15, 0.2) is 30.7 Å². The van der Waals surface area contributed by atoms with Gasteiger partial charge in [0.25, 0.3) is 0 Å². The van der Waals surface area contributed by atoms with Crippen LogP contribution in [-0.2, 0) is 35.1 Å². The zero-order chi connectivity index (χ0) is 35.1. The molecule has 0 saturated heterocycles. The minimum Gasteiger partial charge on any atom is -0.459 e. The molecule has 2 aromatic heterocycles. The SMILES string of the molecule is CC(C)(C)OC(=O)CNCCN(CCN(CCNCc1cccc(-c2cnncn2)n1)CC(=O)OC(C)(C)C)CC(=O)OC(C)(C)C. The number of carbonyl (C=O) groups excluding carboxylic acids is 3. The topological polar surface area (TPSA) is 161 Å². The van der Waals surface area contributed by atoms with Crippen molar-refractivity contribution in [3.63, 3.8) is 0 Å². The first-order chi connectivity index (χ1) is 21.9. The maximum absolute atomic E-state index is 12.8. The van der Waals surface area contributed by atoms with Crippen LogP contribution in [0.5, 0.6) is 0 Å². The first-order valence-corrected chi connectivity index (χ1v) is 16.0. The van der Waals surface area contributed by atoms with Gasteiger partial charge in [-0.1, -0.05) is 6.07 Å². The summed E-state index contributed by atoms with van der Waals surface area (Å²) in [6, 6.07) is 5.71. The Balaban J connectivity index is 2.02. The fraction of sp³-hybridized carbons (Fsp3) is 0.667. The maximum atomic E-state index is 12.8. The summed E-state index contributed by atoms with van der Waals surface area (Å²) in [6.45, 7) is 20.2. The molecule has 14 nitrogen and oxygen atoms in total. The van der Waals surface area contributed by atoms with Crippen molar-refractivity contribution in [1.82, 2.24) is 40.6 Å². The van der Waals surface area contributed by atoms with E-state index in [-0.39, 0.29) is 37.5 Å². The maximum Gasteiger partial charge on any atom is 0.320 e. The average molecular weight is 659 g/mol. The van der Waals surface area contributed by atoms with Crippen molar-refractivity contribution >= 4 is 17.9 Å². The second kappa shape index (κ2) is 18.7. The molecule has 0 aliphatic carbocycles. The van der Waals surface area contributed by atoms with Gasteiger partial charge in [0.2, 0.25) is 0 Å². The zero-order valence-electron chi connectivity index (χ0n) is 29.6. The molecule has 0 unspecified atom stereocenters. The van der Waals surface area contributed by atoms with E-state index in [9.17, 15) is 14.4 Å². The Hall–Kier alpha value is -3.59. The van der Waals surface area contributed by atoms with Crippen LogP contribution in [0.4, 0.5) is 0 Å². The summed E-state index contributed by atoms with van der Waals surface area (Å²) in [5, 5.41) is 14.1. The second-order valence-corrected chi connectivity index (χ2v) is 14.2. The van der Waals surface area contributed by atoms with Gasteiger partial charge in [0.15, 0.2) is 0 Å². The van der Waals surface area contributed by atoms with Gasteiger partial charge in [-0.25, -0.2) is 9.97 Å². The van der Waals surface area contributed by atoms with Crippen LogP contribution >= 0.6 is 0 Å². The number of hydrogen-bond acceptors (Lipinski definition) is 14. The van der Waals surface area contributed by atoms with Gasteiger partial charge in [-0.15, -0.1) is 5.10 Å². The van der Waals surface area contributed by atoms with Crippen LogP contribution in [0.1, 0.15) is 68.0 Å². The smallest absolute Gasteiger partial charge is 0.320 e. The summed E-state index contributed by atoms with van der Waals surface area (Å²) in [7, 11) is 0. The van der Waals surface area contributed by atoms with Gasteiger partial charge in [0.1, 0.15) is 28.8 Å². The fourth-order valence-electron chi connectivity index (χ4n) is 4.29. The largest absolute Gasteiger partial charge is 0.459 e. The molecular weight excluding hydrogens is 604 g/mol. The number of hydrogen-bond donors (Lipinski definition) is 2. The number of aromatic nitrogens is 4.